The van der Waals surface area contributed by atoms with E-state index in [1.165, 1.54) is 0 Å². The van der Waals surface area contributed by atoms with Crippen molar-refractivity contribution in [3.8, 4) is 11.5 Å². The van der Waals surface area contributed by atoms with Gasteiger partial charge in [0.25, 0.3) is 0 Å². The molecule has 4 heteroatoms. The van der Waals surface area contributed by atoms with E-state index in [1.54, 1.807) is 0 Å². The van der Waals surface area contributed by atoms with E-state index in [1.807, 2.05) is 6.92 Å². The van der Waals surface area contributed by atoms with E-state index in [4.69, 9.17) is 0 Å². The maximum Gasteiger partial charge on any atom is 0.339 e. The number of phenols is 2. The Hall–Kier alpha value is -1.71. The molecule has 0 atom stereocenters. The number of carboxylic acid groups (broad SMARTS) is 1. The number of rotatable bonds is 8. The molecule has 0 radical (unpaired) electrons. The van der Waals surface area contributed by atoms with Crippen molar-refractivity contribution in [2.75, 3.05) is 0 Å². The Balaban J connectivity index is 3.53. The fourth-order valence-electron chi connectivity index (χ4n) is 2.78. The normalized spacial score (nSPS) is 10.8. The van der Waals surface area contributed by atoms with Crippen molar-refractivity contribution >= 4 is 5.97 Å². The lowest BCUT2D eigenvalue weighted by Gasteiger charge is -2.19. The second-order valence-corrected chi connectivity index (χ2v) is 5.37. The quantitative estimate of drug-likeness (QED) is 0.632. The number of benzene rings is 1. The SMILES string of the molecule is CCCCc1c(O)c(O)c(C(=O)O)c(CC)c1CCCC. The number of unbranched alkanes of at least 4 members (excludes halogenated alkanes) is 2. The molecule has 118 valence electrons. The van der Waals surface area contributed by atoms with Crippen LogP contribution in [0.5, 0.6) is 11.5 Å². The van der Waals surface area contributed by atoms with Gasteiger partial charge in [-0.1, -0.05) is 33.6 Å². The van der Waals surface area contributed by atoms with Crippen molar-refractivity contribution in [3.63, 3.8) is 0 Å². The molecular formula is C17H26O4. The van der Waals surface area contributed by atoms with Crippen LogP contribution < -0.4 is 0 Å². The Morgan fingerprint density at radius 3 is 1.81 bits per heavy atom. The Morgan fingerprint density at radius 1 is 0.857 bits per heavy atom. The first-order chi connectivity index (χ1) is 9.99. The van der Waals surface area contributed by atoms with Gasteiger partial charge in [0.1, 0.15) is 5.56 Å². The van der Waals surface area contributed by atoms with E-state index >= 15 is 0 Å². The van der Waals surface area contributed by atoms with E-state index in [0.29, 0.717) is 18.4 Å². The van der Waals surface area contributed by atoms with Gasteiger partial charge in [-0.2, -0.15) is 0 Å². The summed E-state index contributed by atoms with van der Waals surface area (Å²) >= 11 is 0. The zero-order valence-corrected chi connectivity index (χ0v) is 13.2. The van der Waals surface area contributed by atoms with Crippen molar-refractivity contribution in [2.24, 2.45) is 0 Å². The molecule has 0 aliphatic rings. The summed E-state index contributed by atoms with van der Waals surface area (Å²) in [5, 5.41) is 29.7. The Kier molecular flexibility index (Phi) is 6.53. The fraction of sp³-hybridized carbons (Fsp3) is 0.588. The minimum atomic E-state index is -1.18. The standard InChI is InChI=1S/C17H26O4/c1-4-7-9-12-11(6-3)14(17(20)21)16(19)15(18)13(12)10-8-5-2/h18-19H,4-10H2,1-3H3,(H,20,21). The van der Waals surface area contributed by atoms with Gasteiger partial charge in [0, 0.05) is 5.56 Å². The highest BCUT2D eigenvalue weighted by molar-refractivity contribution is 5.94. The zero-order chi connectivity index (χ0) is 16.0. The fourth-order valence-corrected chi connectivity index (χ4v) is 2.78. The van der Waals surface area contributed by atoms with Crippen LogP contribution >= 0.6 is 0 Å². The summed E-state index contributed by atoms with van der Waals surface area (Å²) in [4.78, 5) is 11.4. The van der Waals surface area contributed by atoms with Gasteiger partial charge in [-0.05, 0) is 43.2 Å². The van der Waals surface area contributed by atoms with Gasteiger partial charge in [0.2, 0.25) is 0 Å². The molecule has 3 N–H and O–H groups in total. The third kappa shape index (κ3) is 3.69. The maximum absolute atomic E-state index is 11.4. The third-order valence-electron chi connectivity index (χ3n) is 3.91. The molecule has 0 heterocycles. The zero-order valence-electron chi connectivity index (χ0n) is 13.2. The molecule has 0 saturated heterocycles. The van der Waals surface area contributed by atoms with Crippen LogP contribution in [0.1, 0.15) is 73.5 Å². The molecule has 0 aliphatic carbocycles. The molecular weight excluding hydrogens is 268 g/mol. The molecule has 0 bridgehead atoms. The van der Waals surface area contributed by atoms with Crippen LogP contribution in [0.4, 0.5) is 0 Å². The van der Waals surface area contributed by atoms with Gasteiger partial charge >= 0.3 is 5.97 Å². The predicted octanol–water partition coefficient (Wildman–Crippen LogP) is 4.04. The number of carboxylic acids is 1. The number of hydrogen-bond donors (Lipinski definition) is 3. The highest BCUT2D eigenvalue weighted by Gasteiger charge is 2.25. The third-order valence-corrected chi connectivity index (χ3v) is 3.91. The lowest BCUT2D eigenvalue weighted by Crippen LogP contribution is -2.10. The van der Waals surface area contributed by atoms with Gasteiger partial charge in [0.05, 0.1) is 0 Å². The molecule has 1 aromatic carbocycles. The second kappa shape index (κ2) is 7.91. The van der Waals surface area contributed by atoms with Crippen molar-refractivity contribution in [2.45, 2.75) is 65.7 Å². The summed E-state index contributed by atoms with van der Waals surface area (Å²) < 4.78 is 0. The molecule has 0 amide bonds. The summed E-state index contributed by atoms with van der Waals surface area (Å²) in [5.74, 6) is -1.91. The van der Waals surface area contributed by atoms with Gasteiger partial charge < -0.3 is 15.3 Å². The lowest BCUT2D eigenvalue weighted by molar-refractivity contribution is 0.0691. The smallest absolute Gasteiger partial charge is 0.339 e. The van der Waals surface area contributed by atoms with Crippen molar-refractivity contribution < 1.29 is 20.1 Å². The Labute approximate surface area is 126 Å². The summed E-state index contributed by atoms with van der Waals surface area (Å²) in [7, 11) is 0. The van der Waals surface area contributed by atoms with Gasteiger partial charge in [-0.25, -0.2) is 4.79 Å². The maximum atomic E-state index is 11.4. The molecule has 0 unspecified atom stereocenters. The number of phenolic OH excluding ortho intramolecular Hbond substituents is 1. The van der Waals surface area contributed by atoms with Gasteiger partial charge in [-0.3, -0.25) is 0 Å². The number of aromatic carboxylic acids is 1. The number of carbonyl (C=O) groups is 1. The molecule has 4 nitrogen and oxygen atoms in total. The first kappa shape index (κ1) is 17.3. The van der Waals surface area contributed by atoms with Crippen LogP contribution in [0.25, 0.3) is 0 Å². The van der Waals surface area contributed by atoms with E-state index in [9.17, 15) is 20.1 Å². The molecule has 0 fully saturated rings. The molecule has 1 aromatic rings. The molecule has 0 spiro atoms. The van der Waals surface area contributed by atoms with Crippen LogP contribution in [0.3, 0.4) is 0 Å². The largest absolute Gasteiger partial charge is 0.504 e. The van der Waals surface area contributed by atoms with E-state index in [0.717, 1.165) is 43.2 Å². The van der Waals surface area contributed by atoms with Crippen LogP contribution in [0.15, 0.2) is 0 Å². The Bertz CT molecular complexity index is 506. The molecule has 1 rings (SSSR count). The molecule has 21 heavy (non-hydrogen) atoms. The predicted molar refractivity (Wildman–Crippen MR) is 83.3 cm³/mol. The highest BCUT2D eigenvalue weighted by Crippen LogP contribution is 2.40. The highest BCUT2D eigenvalue weighted by atomic mass is 16.4. The average Bonchev–Trinajstić information content (AvgIpc) is 2.46. The molecule has 0 aromatic heterocycles. The first-order valence-electron chi connectivity index (χ1n) is 7.81. The minimum absolute atomic E-state index is 0.138. The summed E-state index contributed by atoms with van der Waals surface area (Å²) in [6, 6.07) is 0. The van der Waals surface area contributed by atoms with Crippen LogP contribution in [-0.2, 0) is 19.3 Å². The van der Waals surface area contributed by atoms with Crippen LogP contribution in [0.2, 0.25) is 0 Å². The lowest BCUT2D eigenvalue weighted by atomic mass is 9.87. The van der Waals surface area contributed by atoms with Gasteiger partial charge in [0.15, 0.2) is 11.5 Å². The summed E-state index contributed by atoms with van der Waals surface area (Å²) in [6.07, 6.45) is 5.77. The van der Waals surface area contributed by atoms with Crippen LogP contribution in [0, 0.1) is 0 Å². The number of hydrogen-bond acceptors (Lipinski definition) is 3. The second-order valence-electron chi connectivity index (χ2n) is 5.37. The first-order valence-corrected chi connectivity index (χ1v) is 7.81. The van der Waals surface area contributed by atoms with E-state index in [-0.39, 0.29) is 11.3 Å². The molecule has 0 aliphatic heterocycles. The monoisotopic (exact) mass is 294 g/mol. The van der Waals surface area contributed by atoms with Crippen molar-refractivity contribution in [1.29, 1.82) is 0 Å². The average molecular weight is 294 g/mol. The van der Waals surface area contributed by atoms with Gasteiger partial charge in [-0.15, -0.1) is 0 Å². The minimum Gasteiger partial charge on any atom is -0.504 e. The Morgan fingerprint density at radius 2 is 1.38 bits per heavy atom. The van der Waals surface area contributed by atoms with Crippen molar-refractivity contribution in [3.05, 3.63) is 22.3 Å². The van der Waals surface area contributed by atoms with Crippen LogP contribution in [-0.4, -0.2) is 21.3 Å². The van der Waals surface area contributed by atoms with E-state index in [2.05, 4.69) is 13.8 Å². The molecule has 0 saturated carbocycles. The van der Waals surface area contributed by atoms with E-state index < -0.39 is 11.7 Å². The summed E-state index contributed by atoms with van der Waals surface area (Å²) in [5.41, 5.74) is 2.17. The summed E-state index contributed by atoms with van der Waals surface area (Å²) in [6.45, 7) is 6.03. The van der Waals surface area contributed by atoms with Crippen molar-refractivity contribution in [1.82, 2.24) is 0 Å². The topological polar surface area (TPSA) is 77.8 Å². The number of aromatic hydroxyl groups is 2.